The highest BCUT2D eigenvalue weighted by Crippen LogP contribution is 2.26. The van der Waals surface area contributed by atoms with E-state index in [9.17, 15) is 4.79 Å². The van der Waals surface area contributed by atoms with Crippen molar-refractivity contribution >= 4 is 17.4 Å². The number of aromatic nitrogens is 1. The number of hydrogen-bond donors (Lipinski definition) is 1. The molecule has 2 N–H and O–H groups in total. The van der Waals surface area contributed by atoms with E-state index in [1.54, 1.807) is 6.92 Å². The summed E-state index contributed by atoms with van der Waals surface area (Å²) in [5.41, 5.74) is 6.13. The standard InChI is InChI=1S/C15H24N4O2/c1-11(20)18-7-9-19(10-8-18)13-6-5-12(16)14(17-13)21-15(2,3)4/h5-6H,7-10,16H2,1-4H3. The second kappa shape index (κ2) is 5.79. The number of carbonyl (C=O) groups excluding carboxylic acids is 1. The van der Waals surface area contributed by atoms with Gasteiger partial charge < -0.3 is 20.3 Å². The summed E-state index contributed by atoms with van der Waals surface area (Å²) in [4.78, 5) is 19.9. The fourth-order valence-electron chi connectivity index (χ4n) is 2.24. The van der Waals surface area contributed by atoms with E-state index < -0.39 is 0 Å². The van der Waals surface area contributed by atoms with Crippen LogP contribution in [0.25, 0.3) is 0 Å². The van der Waals surface area contributed by atoms with Gasteiger partial charge in [-0.25, -0.2) is 0 Å². The number of nitrogens with two attached hydrogens (primary N) is 1. The maximum absolute atomic E-state index is 11.4. The van der Waals surface area contributed by atoms with Crippen molar-refractivity contribution in [2.75, 3.05) is 36.8 Å². The highest BCUT2D eigenvalue weighted by atomic mass is 16.5. The number of ether oxygens (including phenoxy) is 1. The summed E-state index contributed by atoms with van der Waals surface area (Å²) >= 11 is 0. The first kappa shape index (κ1) is 15.4. The van der Waals surface area contributed by atoms with Crippen LogP contribution in [0.3, 0.4) is 0 Å². The summed E-state index contributed by atoms with van der Waals surface area (Å²) in [6.45, 7) is 10.5. The minimum Gasteiger partial charge on any atom is -0.470 e. The second-order valence-electron chi connectivity index (χ2n) is 6.27. The second-order valence-corrected chi connectivity index (χ2v) is 6.27. The molecule has 0 bridgehead atoms. The van der Waals surface area contributed by atoms with Crippen LogP contribution in [-0.2, 0) is 4.79 Å². The van der Waals surface area contributed by atoms with E-state index in [1.165, 1.54) is 0 Å². The molecule has 2 rings (SSSR count). The van der Waals surface area contributed by atoms with Crippen LogP contribution in [0, 0.1) is 0 Å². The molecule has 2 heterocycles. The van der Waals surface area contributed by atoms with Gasteiger partial charge in [0, 0.05) is 33.1 Å². The van der Waals surface area contributed by atoms with Crippen molar-refractivity contribution in [1.82, 2.24) is 9.88 Å². The van der Waals surface area contributed by atoms with Gasteiger partial charge in [-0.1, -0.05) is 0 Å². The van der Waals surface area contributed by atoms with Crippen LogP contribution >= 0.6 is 0 Å². The van der Waals surface area contributed by atoms with Gasteiger partial charge in [-0.2, -0.15) is 4.98 Å². The Labute approximate surface area is 125 Å². The van der Waals surface area contributed by atoms with Crippen molar-refractivity contribution in [2.24, 2.45) is 0 Å². The smallest absolute Gasteiger partial charge is 0.239 e. The summed E-state index contributed by atoms with van der Waals surface area (Å²) in [7, 11) is 0. The molecule has 21 heavy (non-hydrogen) atoms. The van der Waals surface area contributed by atoms with Crippen LogP contribution in [0.2, 0.25) is 0 Å². The Morgan fingerprint density at radius 1 is 1.24 bits per heavy atom. The number of amides is 1. The molecule has 1 amide bonds. The molecule has 6 nitrogen and oxygen atoms in total. The van der Waals surface area contributed by atoms with Crippen LogP contribution < -0.4 is 15.4 Å². The molecule has 0 radical (unpaired) electrons. The monoisotopic (exact) mass is 292 g/mol. The Kier molecular flexibility index (Phi) is 4.25. The van der Waals surface area contributed by atoms with Gasteiger partial charge in [0.05, 0.1) is 5.69 Å². The molecule has 116 valence electrons. The lowest BCUT2D eigenvalue weighted by Crippen LogP contribution is -2.48. The summed E-state index contributed by atoms with van der Waals surface area (Å²) in [6.07, 6.45) is 0. The predicted octanol–water partition coefficient (Wildman–Crippen LogP) is 1.51. The minimum atomic E-state index is -0.340. The van der Waals surface area contributed by atoms with Crippen molar-refractivity contribution < 1.29 is 9.53 Å². The lowest BCUT2D eigenvalue weighted by atomic mass is 10.2. The highest BCUT2D eigenvalue weighted by Gasteiger charge is 2.21. The van der Waals surface area contributed by atoms with Gasteiger partial charge in [0.25, 0.3) is 0 Å². The van der Waals surface area contributed by atoms with Crippen molar-refractivity contribution in [3.63, 3.8) is 0 Å². The zero-order valence-electron chi connectivity index (χ0n) is 13.2. The number of carbonyl (C=O) groups is 1. The maximum Gasteiger partial charge on any atom is 0.239 e. The predicted molar refractivity (Wildman–Crippen MR) is 83.5 cm³/mol. The Morgan fingerprint density at radius 2 is 1.86 bits per heavy atom. The van der Waals surface area contributed by atoms with Gasteiger partial charge in [0.1, 0.15) is 11.4 Å². The lowest BCUT2D eigenvalue weighted by molar-refractivity contribution is -0.129. The van der Waals surface area contributed by atoms with Crippen LogP contribution in [0.4, 0.5) is 11.5 Å². The van der Waals surface area contributed by atoms with Crippen LogP contribution in [0.5, 0.6) is 5.88 Å². The van der Waals surface area contributed by atoms with Gasteiger partial charge in [-0.05, 0) is 32.9 Å². The number of piperazine rings is 1. The summed E-state index contributed by atoms with van der Waals surface area (Å²) in [6, 6.07) is 3.72. The topological polar surface area (TPSA) is 71.7 Å². The molecule has 1 aliphatic heterocycles. The van der Waals surface area contributed by atoms with E-state index in [0.29, 0.717) is 11.6 Å². The lowest BCUT2D eigenvalue weighted by Gasteiger charge is -2.35. The molecule has 1 saturated heterocycles. The number of pyridine rings is 1. The van der Waals surface area contributed by atoms with Gasteiger partial charge >= 0.3 is 0 Å². The molecule has 0 spiro atoms. The molecular weight excluding hydrogens is 268 g/mol. The van der Waals surface area contributed by atoms with Gasteiger partial charge in [0.2, 0.25) is 11.8 Å². The van der Waals surface area contributed by atoms with E-state index in [1.807, 2.05) is 37.8 Å². The normalized spacial score (nSPS) is 16.0. The molecular formula is C15H24N4O2. The van der Waals surface area contributed by atoms with Crippen molar-refractivity contribution in [3.05, 3.63) is 12.1 Å². The van der Waals surface area contributed by atoms with Crippen molar-refractivity contribution in [2.45, 2.75) is 33.3 Å². The summed E-state index contributed by atoms with van der Waals surface area (Å²) in [5.74, 6) is 1.43. The van der Waals surface area contributed by atoms with E-state index in [2.05, 4.69) is 9.88 Å². The SMILES string of the molecule is CC(=O)N1CCN(c2ccc(N)c(OC(C)(C)C)n2)CC1. The number of nitrogen functional groups attached to an aromatic ring is 1. The minimum absolute atomic E-state index is 0.122. The van der Waals surface area contributed by atoms with Crippen LogP contribution in [0.1, 0.15) is 27.7 Å². The van der Waals surface area contributed by atoms with E-state index in [4.69, 9.17) is 10.5 Å². The number of rotatable bonds is 2. The molecule has 0 atom stereocenters. The van der Waals surface area contributed by atoms with Crippen molar-refractivity contribution in [3.8, 4) is 5.88 Å². The Bertz CT molecular complexity index is 517. The average Bonchev–Trinajstić information content (AvgIpc) is 2.40. The zero-order valence-corrected chi connectivity index (χ0v) is 13.2. The fraction of sp³-hybridized carbons (Fsp3) is 0.600. The third kappa shape index (κ3) is 4.00. The zero-order chi connectivity index (χ0) is 15.6. The quantitative estimate of drug-likeness (QED) is 0.894. The van der Waals surface area contributed by atoms with Crippen LogP contribution in [0.15, 0.2) is 12.1 Å². The average molecular weight is 292 g/mol. The van der Waals surface area contributed by atoms with Gasteiger partial charge in [-0.3, -0.25) is 4.79 Å². The number of anilines is 2. The fourth-order valence-corrected chi connectivity index (χ4v) is 2.24. The van der Waals surface area contributed by atoms with Gasteiger partial charge in [-0.15, -0.1) is 0 Å². The Hall–Kier alpha value is -1.98. The maximum atomic E-state index is 11.4. The molecule has 0 aromatic carbocycles. The molecule has 0 aliphatic carbocycles. The number of hydrogen-bond acceptors (Lipinski definition) is 5. The van der Waals surface area contributed by atoms with E-state index in [0.717, 1.165) is 32.0 Å². The Balaban J connectivity index is 2.11. The first-order valence-corrected chi connectivity index (χ1v) is 7.22. The first-order chi connectivity index (χ1) is 9.76. The van der Waals surface area contributed by atoms with Crippen LogP contribution in [-0.4, -0.2) is 47.6 Å². The third-order valence-corrected chi connectivity index (χ3v) is 3.33. The number of nitrogens with zero attached hydrogens (tertiary/aromatic N) is 3. The largest absolute Gasteiger partial charge is 0.470 e. The molecule has 1 aromatic rings. The first-order valence-electron chi connectivity index (χ1n) is 7.22. The molecule has 0 unspecified atom stereocenters. The summed E-state index contributed by atoms with van der Waals surface area (Å²) in [5, 5.41) is 0. The molecule has 1 fully saturated rings. The van der Waals surface area contributed by atoms with E-state index >= 15 is 0 Å². The molecule has 1 aliphatic rings. The molecule has 6 heteroatoms. The highest BCUT2D eigenvalue weighted by molar-refractivity contribution is 5.73. The van der Waals surface area contributed by atoms with Crippen molar-refractivity contribution in [1.29, 1.82) is 0 Å². The van der Waals surface area contributed by atoms with E-state index in [-0.39, 0.29) is 11.5 Å². The molecule has 0 saturated carbocycles. The third-order valence-electron chi connectivity index (χ3n) is 3.33. The molecule has 1 aromatic heterocycles. The van der Waals surface area contributed by atoms with Gasteiger partial charge in [0.15, 0.2) is 0 Å². The Morgan fingerprint density at radius 3 is 2.38 bits per heavy atom. The summed E-state index contributed by atoms with van der Waals surface area (Å²) < 4.78 is 5.80.